The number of aliphatic hydroxyl groups is 1. The molecule has 38 heavy (non-hydrogen) atoms. The molecule has 7 heteroatoms. The summed E-state index contributed by atoms with van der Waals surface area (Å²) in [5, 5.41) is 10.1. The van der Waals surface area contributed by atoms with E-state index in [2.05, 4.69) is 41.6 Å². The molecule has 3 heterocycles. The molecule has 3 aliphatic rings. The van der Waals surface area contributed by atoms with Gasteiger partial charge in [-0.3, -0.25) is 9.59 Å². The summed E-state index contributed by atoms with van der Waals surface area (Å²) in [4.78, 5) is 31.3. The van der Waals surface area contributed by atoms with E-state index < -0.39 is 5.60 Å². The zero-order valence-electron chi connectivity index (χ0n) is 21.3. The number of anilines is 1. The van der Waals surface area contributed by atoms with Crippen LogP contribution in [0.15, 0.2) is 72.8 Å². The Labute approximate surface area is 236 Å². The summed E-state index contributed by atoms with van der Waals surface area (Å²) in [7, 11) is 0. The highest BCUT2D eigenvalue weighted by Gasteiger charge is 2.60. The van der Waals surface area contributed by atoms with Crippen molar-refractivity contribution in [3.8, 4) is 0 Å². The van der Waals surface area contributed by atoms with Crippen LogP contribution in [0.1, 0.15) is 42.0 Å². The molecule has 1 N–H and O–H groups in total. The summed E-state index contributed by atoms with van der Waals surface area (Å²) in [6.07, 6.45) is 1.08. The molecule has 1 fully saturated rings. The molecular formula is C31H31IN2O4. The van der Waals surface area contributed by atoms with Crippen molar-refractivity contribution in [3.05, 3.63) is 98.6 Å². The Balaban J connectivity index is 1.26. The van der Waals surface area contributed by atoms with Crippen LogP contribution in [0.4, 0.5) is 5.69 Å². The van der Waals surface area contributed by atoms with Crippen LogP contribution in [-0.4, -0.2) is 40.6 Å². The van der Waals surface area contributed by atoms with Gasteiger partial charge in [0.15, 0.2) is 5.60 Å². The minimum atomic E-state index is -1.10. The van der Waals surface area contributed by atoms with Crippen molar-refractivity contribution in [2.75, 3.05) is 11.5 Å². The Morgan fingerprint density at radius 2 is 1.82 bits per heavy atom. The highest BCUT2D eigenvalue weighted by Crippen LogP contribution is 2.54. The van der Waals surface area contributed by atoms with E-state index in [4.69, 9.17) is 4.74 Å². The predicted molar refractivity (Wildman–Crippen MR) is 153 cm³/mol. The van der Waals surface area contributed by atoms with Crippen LogP contribution in [-0.2, 0) is 39.4 Å². The zero-order chi connectivity index (χ0) is 26.4. The Morgan fingerprint density at radius 3 is 2.58 bits per heavy atom. The lowest BCUT2D eigenvalue weighted by Gasteiger charge is -2.36. The SMILES string of the molecule is C[C@@H]1C[C@H](CC(=O)N2Cc3ccccc3C[C@H]2CO)O[C@@]12C(=O)N(Cc1ccccc1)c1ccc(I)cc12. The van der Waals surface area contributed by atoms with Crippen molar-refractivity contribution in [2.45, 2.75) is 57.0 Å². The number of ether oxygens (including phenoxy) is 1. The largest absolute Gasteiger partial charge is 0.394 e. The molecule has 0 bridgehead atoms. The molecule has 3 aromatic rings. The van der Waals surface area contributed by atoms with E-state index >= 15 is 0 Å². The number of hydrogen-bond acceptors (Lipinski definition) is 4. The number of carbonyl (C=O) groups excluding carboxylic acids is 2. The van der Waals surface area contributed by atoms with Crippen LogP contribution >= 0.6 is 22.6 Å². The third-order valence-electron chi connectivity index (χ3n) is 8.35. The Bertz CT molecular complexity index is 1380. The molecule has 196 valence electrons. The fourth-order valence-electron chi connectivity index (χ4n) is 6.45. The topological polar surface area (TPSA) is 70.1 Å². The number of fused-ring (bicyclic) bond motifs is 3. The number of nitrogens with zero attached hydrogens (tertiary/aromatic N) is 2. The third kappa shape index (κ3) is 4.25. The van der Waals surface area contributed by atoms with Crippen molar-refractivity contribution < 1.29 is 19.4 Å². The lowest BCUT2D eigenvalue weighted by molar-refractivity contribution is -0.151. The highest BCUT2D eigenvalue weighted by molar-refractivity contribution is 14.1. The number of halogens is 1. The van der Waals surface area contributed by atoms with Crippen molar-refractivity contribution >= 4 is 40.1 Å². The second-order valence-electron chi connectivity index (χ2n) is 10.7. The monoisotopic (exact) mass is 622 g/mol. The van der Waals surface area contributed by atoms with Gasteiger partial charge < -0.3 is 19.6 Å². The lowest BCUT2D eigenvalue weighted by atomic mass is 9.83. The molecule has 4 atom stereocenters. The fraction of sp³-hybridized carbons (Fsp3) is 0.355. The second kappa shape index (κ2) is 10.1. The number of benzene rings is 3. The molecule has 6 rings (SSSR count). The van der Waals surface area contributed by atoms with E-state index in [1.54, 1.807) is 4.90 Å². The molecule has 3 aromatic carbocycles. The first-order valence-electron chi connectivity index (χ1n) is 13.2. The summed E-state index contributed by atoms with van der Waals surface area (Å²) in [5.41, 5.74) is 4.04. The summed E-state index contributed by atoms with van der Waals surface area (Å²) in [6, 6.07) is 23.9. The quantitative estimate of drug-likeness (QED) is 0.416. The molecular weight excluding hydrogens is 591 g/mol. The number of amides is 2. The van der Waals surface area contributed by atoms with Gasteiger partial charge in [-0.1, -0.05) is 61.5 Å². The highest BCUT2D eigenvalue weighted by atomic mass is 127. The van der Waals surface area contributed by atoms with Crippen molar-refractivity contribution in [2.24, 2.45) is 5.92 Å². The maximum atomic E-state index is 14.2. The third-order valence-corrected chi connectivity index (χ3v) is 9.02. The Hall–Kier alpha value is -2.75. The van der Waals surface area contributed by atoms with E-state index in [-0.39, 0.29) is 42.9 Å². The van der Waals surface area contributed by atoms with Crippen LogP contribution in [0.3, 0.4) is 0 Å². The smallest absolute Gasteiger partial charge is 0.264 e. The summed E-state index contributed by atoms with van der Waals surface area (Å²) in [5.74, 6) is -0.176. The van der Waals surface area contributed by atoms with E-state index in [1.165, 1.54) is 5.56 Å². The molecule has 6 nitrogen and oxygen atoms in total. The van der Waals surface area contributed by atoms with E-state index in [1.807, 2.05) is 65.6 Å². The van der Waals surface area contributed by atoms with E-state index in [0.29, 0.717) is 25.9 Å². The van der Waals surface area contributed by atoms with Crippen LogP contribution in [0, 0.1) is 9.49 Å². The van der Waals surface area contributed by atoms with Crippen molar-refractivity contribution in [1.29, 1.82) is 0 Å². The predicted octanol–water partition coefficient (Wildman–Crippen LogP) is 4.79. The second-order valence-corrected chi connectivity index (χ2v) is 11.9. The fourth-order valence-corrected chi connectivity index (χ4v) is 6.94. The van der Waals surface area contributed by atoms with Gasteiger partial charge in [-0.15, -0.1) is 0 Å². The molecule has 0 aromatic heterocycles. The average molecular weight is 623 g/mol. The van der Waals surface area contributed by atoms with E-state index in [9.17, 15) is 14.7 Å². The average Bonchev–Trinajstić information content (AvgIpc) is 3.37. The van der Waals surface area contributed by atoms with E-state index in [0.717, 1.165) is 25.9 Å². The molecule has 0 radical (unpaired) electrons. The number of carbonyl (C=O) groups is 2. The van der Waals surface area contributed by atoms with Crippen molar-refractivity contribution in [1.82, 2.24) is 4.90 Å². The molecule has 1 saturated heterocycles. The first kappa shape index (κ1) is 25.5. The minimum Gasteiger partial charge on any atom is -0.394 e. The molecule has 0 saturated carbocycles. The Kier molecular flexibility index (Phi) is 6.78. The van der Waals surface area contributed by atoms with Crippen LogP contribution in [0.2, 0.25) is 0 Å². The van der Waals surface area contributed by atoms with Gasteiger partial charge in [-0.05, 0) is 70.3 Å². The number of rotatable bonds is 5. The van der Waals surface area contributed by atoms with Gasteiger partial charge in [0.25, 0.3) is 5.91 Å². The summed E-state index contributed by atoms with van der Waals surface area (Å²) >= 11 is 2.28. The molecule has 0 aliphatic carbocycles. The van der Waals surface area contributed by atoms with Gasteiger partial charge in [0.2, 0.25) is 5.91 Å². The molecule has 2 amide bonds. The zero-order valence-corrected chi connectivity index (χ0v) is 23.5. The molecule has 1 spiro atoms. The lowest BCUT2D eigenvalue weighted by Crippen LogP contribution is -2.47. The van der Waals surface area contributed by atoms with Crippen LogP contribution in [0.5, 0.6) is 0 Å². The minimum absolute atomic E-state index is 0.0396. The maximum absolute atomic E-state index is 14.2. The van der Waals surface area contributed by atoms with Gasteiger partial charge in [-0.2, -0.15) is 0 Å². The summed E-state index contributed by atoms with van der Waals surface area (Å²) in [6.45, 7) is 2.94. The number of aliphatic hydroxyl groups excluding tert-OH is 1. The van der Waals surface area contributed by atoms with Gasteiger partial charge in [-0.25, -0.2) is 0 Å². The first-order valence-corrected chi connectivity index (χ1v) is 14.3. The normalized spacial score (nSPS) is 26.1. The van der Waals surface area contributed by atoms with Crippen LogP contribution in [0.25, 0.3) is 0 Å². The Morgan fingerprint density at radius 1 is 1.08 bits per heavy atom. The molecule has 0 unspecified atom stereocenters. The molecule has 3 aliphatic heterocycles. The summed E-state index contributed by atoms with van der Waals surface area (Å²) < 4.78 is 7.72. The maximum Gasteiger partial charge on any atom is 0.264 e. The van der Waals surface area contributed by atoms with Gasteiger partial charge in [0, 0.05) is 21.6 Å². The standard InChI is InChI=1S/C31H31IN2O4/c1-20-13-26(16-29(36)33-18-23-10-6-5-9-22(23)14-25(33)19-35)38-31(20)27-15-24(32)11-12-28(27)34(30(31)37)17-21-7-3-2-4-8-21/h2-12,15,20,25-26,35H,13-14,16-19H2,1H3/t20-,25+,26-,31+/m1/s1. The van der Waals surface area contributed by atoms with Gasteiger partial charge >= 0.3 is 0 Å². The van der Waals surface area contributed by atoms with Gasteiger partial charge in [0.05, 0.1) is 37.4 Å². The van der Waals surface area contributed by atoms with Crippen LogP contribution < -0.4 is 4.90 Å². The van der Waals surface area contributed by atoms with Gasteiger partial charge in [0.1, 0.15) is 0 Å². The number of hydrogen-bond donors (Lipinski definition) is 1. The van der Waals surface area contributed by atoms with Crippen molar-refractivity contribution in [3.63, 3.8) is 0 Å². The first-order chi connectivity index (χ1) is 18.4.